The van der Waals surface area contributed by atoms with Gasteiger partial charge in [0.15, 0.2) is 0 Å². The molecular formula is C19H19FN4O2. The van der Waals surface area contributed by atoms with E-state index in [1.807, 2.05) is 18.5 Å². The zero-order valence-corrected chi connectivity index (χ0v) is 14.6. The third-order valence-electron chi connectivity index (χ3n) is 4.60. The molecule has 0 fully saturated rings. The molecule has 0 unspecified atom stereocenters. The van der Waals surface area contributed by atoms with Crippen LogP contribution in [0.2, 0.25) is 0 Å². The first-order chi connectivity index (χ1) is 12.5. The molecule has 0 saturated heterocycles. The van der Waals surface area contributed by atoms with Gasteiger partial charge in [-0.05, 0) is 23.6 Å². The summed E-state index contributed by atoms with van der Waals surface area (Å²) >= 11 is 0. The Bertz CT molecular complexity index is 943. The minimum atomic E-state index is -0.260. The quantitative estimate of drug-likeness (QED) is 0.721. The van der Waals surface area contributed by atoms with Gasteiger partial charge in [0.05, 0.1) is 30.7 Å². The molecule has 1 amide bonds. The molecule has 4 rings (SSSR count). The lowest BCUT2D eigenvalue weighted by Gasteiger charge is -2.14. The predicted molar refractivity (Wildman–Crippen MR) is 91.9 cm³/mol. The summed E-state index contributed by atoms with van der Waals surface area (Å²) in [4.78, 5) is 14.4. The molecule has 0 N–H and O–H groups in total. The summed E-state index contributed by atoms with van der Waals surface area (Å²) in [6, 6.07) is 8.06. The summed E-state index contributed by atoms with van der Waals surface area (Å²) in [5, 5.41) is 8.35. The van der Waals surface area contributed by atoms with E-state index in [2.05, 4.69) is 10.3 Å². The highest BCUT2D eigenvalue weighted by atomic mass is 19.1. The lowest BCUT2D eigenvalue weighted by molar-refractivity contribution is 0.0706. The van der Waals surface area contributed by atoms with Gasteiger partial charge in [-0.15, -0.1) is 0 Å². The summed E-state index contributed by atoms with van der Waals surface area (Å²) < 4.78 is 20.1. The molecule has 0 saturated carbocycles. The zero-order valence-electron chi connectivity index (χ0n) is 14.6. The van der Waals surface area contributed by atoms with Crippen molar-refractivity contribution < 1.29 is 13.7 Å². The van der Waals surface area contributed by atoms with E-state index in [0.29, 0.717) is 19.6 Å². The Morgan fingerprint density at radius 1 is 1.27 bits per heavy atom. The molecule has 3 aromatic rings. The standard InChI is InChI=1S/C19H19FN4O2/c1-12(2)16-7-18(26-22-16)19(25)23-10-14-8-21-24(17(14)11-23)9-13-3-5-15(20)6-4-13/h3-8,12H,9-11H2,1-2H3. The van der Waals surface area contributed by atoms with Crippen molar-refractivity contribution in [2.75, 3.05) is 0 Å². The Morgan fingerprint density at radius 2 is 2.04 bits per heavy atom. The maximum Gasteiger partial charge on any atom is 0.293 e. The number of hydrogen-bond acceptors (Lipinski definition) is 4. The van der Waals surface area contributed by atoms with Crippen LogP contribution in [0.25, 0.3) is 0 Å². The van der Waals surface area contributed by atoms with Crippen molar-refractivity contribution in [3.8, 4) is 0 Å². The van der Waals surface area contributed by atoms with Gasteiger partial charge in [-0.25, -0.2) is 4.39 Å². The average Bonchev–Trinajstić information content (AvgIpc) is 3.33. The molecule has 2 aromatic heterocycles. The van der Waals surface area contributed by atoms with Crippen LogP contribution in [0, 0.1) is 5.82 Å². The van der Waals surface area contributed by atoms with Gasteiger partial charge in [0, 0.05) is 18.2 Å². The Morgan fingerprint density at radius 3 is 2.73 bits per heavy atom. The van der Waals surface area contributed by atoms with E-state index < -0.39 is 0 Å². The fraction of sp³-hybridized carbons (Fsp3) is 0.316. The van der Waals surface area contributed by atoms with E-state index in [9.17, 15) is 9.18 Å². The van der Waals surface area contributed by atoms with Crippen LogP contribution < -0.4 is 0 Å². The highest BCUT2D eigenvalue weighted by Gasteiger charge is 2.30. The maximum atomic E-state index is 13.1. The number of amides is 1. The van der Waals surface area contributed by atoms with Gasteiger partial charge in [0.2, 0.25) is 5.76 Å². The number of halogens is 1. The fourth-order valence-electron chi connectivity index (χ4n) is 3.07. The van der Waals surface area contributed by atoms with Crippen LogP contribution in [0.15, 0.2) is 41.1 Å². The molecule has 0 radical (unpaired) electrons. The molecular weight excluding hydrogens is 335 g/mol. The van der Waals surface area contributed by atoms with Crippen molar-refractivity contribution in [3.05, 3.63) is 70.6 Å². The SMILES string of the molecule is CC(C)c1cc(C(=O)N2Cc3cnn(Cc4ccc(F)cc4)c3C2)on1. The van der Waals surface area contributed by atoms with Crippen molar-refractivity contribution in [2.45, 2.75) is 39.4 Å². The Balaban J connectivity index is 1.49. The third-order valence-corrected chi connectivity index (χ3v) is 4.60. The van der Waals surface area contributed by atoms with Gasteiger partial charge in [-0.3, -0.25) is 9.48 Å². The first kappa shape index (κ1) is 16.5. The summed E-state index contributed by atoms with van der Waals surface area (Å²) in [6.07, 6.45) is 1.78. The molecule has 7 heteroatoms. The lowest BCUT2D eigenvalue weighted by atomic mass is 10.1. The average molecular weight is 354 g/mol. The van der Waals surface area contributed by atoms with Crippen LogP contribution in [0.5, 0.6) is 0 Å². The van der Waals surface area contributed by atoms with Gasteiger partial charge in [0.1, 0.15) is 5.82 Å². The third kappa shape index (κ3) is 3.00. The number of carbonyl (C=O) groups is 1. The van der Waals surface area contributed by atoms with Crippen molar-refractivity contribution in [2.24, 2.45) is 0 Å². The van der Waals surface area contributed by atoms with E-state index in [0.717, 1.165) is 22.5 Å². The van der Waals surface area contributed by atoms with Gasteiger partial charge >= 0.3 is 0 Å². The number of aromatic nitrogens is 3. The molecule has 1 aliphatic rings. The predicted octanol–water partition coefficient (Wildman–Crippen LogP) is 3.34. The van der Waals surface area contributed by atoms with Crippen molar-refractivity contribution in [1.82, 2.24) is 19.8 Å². The number of rotatable bonds is 4. The van der Waals surface area contributed by atoms with Gasteiger partial charge < -0.3 is 9.42 Å². The maximum absolute atomic E-state index is 13.1. The fourth-order valence-corrected chi connectivity index (χ4v) is 3.07. The highest BCUT2D eigenvalue weighted by Crippen LogP contribution is 2.25. The second kappa shape index (κ2) is 6.40. The largest absolute Gasteiger partial charge is 0.351 e. The Labute approximate surface area is 150 Å². The summed E-state index contributed by atoms with van der Waals surface area (Å²) in [7, 11) is 0. The number of hydrogen-bond donors (Lipinski definition) is 0. The summed E-state index contributed by atoms with van der Waals surface area (Å²) in [6.45, 7) is 5.50. The molecule has 0 bridgehead atoms. The first-order valence-electron chi connectivity index (χ1n) is 8.55. The van der Waals surface area contributed by atoms with Crippen LogP contribution in [0.3, 0.4) is 0 Å². The topological polar surface area (TPSA) is 64.2 Å². The smallest absolute Gasteiger partial charge is 0.293 e. The van der Waals surface area contributed by atoms with E-state index >= 15 is 0 Å². The lowest BCUT2D eigenvalue weighted by Crippen LogP contribution is -2.26. The second-order valence-electron chi connectivity index (χ2n) is 6.83. The normalized spacial score (nSPS) is 13.5. The first-order valence-corrected chi connectivity index (χ1v) is 8.55. The summed E-state index contributed by atoms with van der Waals surface area (Å²) in [5.41, 5.74) is 3.74. The molecule has 0 atom stereocenters. The van der Waals surface area contributed by atoms with E-state index in [4.69, 9.17) is 4.52 Å². The molecule has 1 aliphatic heterocycles. The van der Waals surface area contributed by atoms with Crippen LogP contribution >= 0.6 is 0 Å². The van der Waals surface area contributed by atoms with Gasteiger partial charge in [-0.1, -0.05) is 31.1 Å². The minimum absolute atomic E-state index is 0.172. The molecule has 26 heavy (non-hydrogen) atoms. The number of nitrogens with zero attached hydrogens (tertiary/aromatic N) is 4. The monoisotopic (exact) mass is 354 g/mol. The van der Waals surface area contributed by atoms with Crippen LogP contribution in [0.1, 0.15) is 52.8 Å². The van der Waals surface area contributed by atoms with E-state index in [1.165, 1.54) is 12.1 Å². The second-order valence-corrected chi connectivity index (χ2v) is 6.83. The van der Waals surface area contributed by atoms with Crippen LogP contribution in [-0.4, -0.2) is 25.7 Å². The van der Waals surface area contributed by atoms with Crippen LogP contribution in [-0.2, 0) is 19.6 Å². The minimum Gasteiger partial charge on any atom is -0.351 e. The van der Waals surface area contributed by atoms with Gasteiger partial charge in [-0.2, -0.15) is 5.10 Å². The number of carbonyl (C=O) groups excluding carboxylic acids is 1. The molecule has 134 valence electrons. The van der Waals surface area contributed by atoms with Crippen LogP contribution in [0.4, 0.5) is 4.39 Å². The molecule has 0 spiro atoms. The highest BCUT2D eigenvalue weighted by molar-refractivity contribution is 5.91. The Hall–Kier alpha value is -2.96. The van der Waals surface area contributed by atoms with E-state index in [1.54, 1.807) is 29.3 Å². The molecule has 6 nitrogen and oxygen atoms in total. The zero-order chi connectivity index (χ0) is 18.3. The summed E-state index contributed by atoms with van der Waals surface area (Å²) in [5.74, 6) is 0.0372. The number of fused-ring (bicyclic) bond motifs is 1. The molecule has 0 aliphatic carbocycles. The number of benzene rings is 1. The molecule has 1 aromatic carbocycles. The van der Waals surface area contributed by atoms with Crippen molar-refractivity contribution in [3.63, 3.8) is 0 Å². The Kier molecular flexibility index (Phi) is 4.06. The van der Waals surface area contributed by atoms with Gasteiger partial charge in [0.25, 0.3) is 5.91 Å². The molecule has 3 heterocycles. The van der Waals surface area contributed by atoms with Crippen molar-refractivity contribution in [1.29, 1.82) is 0 Å². The van der Waals surface area contributed by atoms with E-state index in [-0.39, 0.29) is 23.4 Å². The van der Waals surface area contributed by atoms with Crippen molar-refractivity contribution >= 4 is 5.91 Å².